The molecule has 1 N–H and O–H groups in total. The number of nitrogens with one attached hydrogen (secondary N) is 1. The number of pyridine rings is 1. The van der Waals surface area contributed by atoms with Crippen LogP contribution in [0.1, 0.15) is 39.2 Å². The van der Waals surface area contributed by atoms with Crippen LogP contribution < -0.4 is 5.32 Å². The molecule has 0 aliphatic carbocycles. The maximum Gasteiger partial charge on any atom is 0.325 e. The monoisotopic (exact) mass is 377 g/mol. The van der Waals surface area contributed by atoms with Gasteiger partial charge in [-0.3, -0.25) is 19.4 Å². The van der Waals surface area contributed by atoms with E-state index in [1.165, 1.54) is 18.3 Å². The number of rotatable bonds is 7. The van der Waals surface area contributed by atoms with Gasteiger partial charge in [0.15, 0.2) is 6.61 Å². The molecule has 0 spiro atoms. The summed E-state index contributed by atoms with van der Waals surface area (Å²) >= 11 is 5.78. The molecule has 0 unspecified atom stereocenters. The van der Waals surface area contributed by atoms with Gasteiger partial charge < -0.3 is 14.6 Å². The molecule has 138 valence electrons. The molecule has 2 heterocycles. The third-order valence-corrected chi connectivity index (χ3v) is 4.14. The quantitative estimate of drug-likeness (QED) is 0.590. The molecular weight excluding hydrogens is 358 g/mol. The van der Waals surface area contributed by atoms with Crippen molar-refractivity contribution in [3.8, 4) is 0 Å². The van der Waals surface area contributed by atoms with Gasteiger partial charge in [-0.15, -0.1) is 0 Å². The topological polar surface area (TPSA) is 90.3 Å². The van der Waals surface area contributed by atoms with Crippen molar-refractivity contribution in [3.63, 3.8) is 0 Å². The average molecular weight is 378 g/mol. The summed E-state index contributed by atoms with van der Waals surface area (Å²) in [6, 6.07) is 4.70. The number of ketones is 1. The molecule has 0 aliphatic rings. The number of Topliss-reactive ketones (excluding diaryl/α,β-unsaturated/α-hetero) is 1. The molecule has 0 aliphatic heterocycles. The second-order valence-corrected chi connectivity index (χ2v) is 6.09. The molecule has 0 bridgehead atoms. The Balaban J connectivity index is 1.85. The smallest absolute Gasteiger partial charge is 0.325 e. The number of hydrogen-bond donors (Lipinski definition) is 1. The number of aromatic nitrogens is 2. The lowest BCUT2D eigenvalue weighted by Crippen LogP contribution is -2.32. The highest BCUT2D eigenvalue weighted by molar-refractivity contribution is 6.30. The summed E-state index contributed by atoms with van der Waals surface area (Å²) in [5.74, 6) is -1.55. The van der Waals surface area contributed by atoms with E-state index in [1.807, 2.05) is 25.3 Å². The Labute approximate surface area is 156 Å². The maximum atomic E-state index is 12.2. The highest BCUT2D eigenvalue weighted by Gasteiger charge is 2.17. The summed E-state index contributed by atoms with van der Waals surface area (Å²) in [4.78, 5) is 39.7. The highest BCUT2D eigenvalue weighted by atomic mass is 35.5. The number of amides is 1. The van der Waals surface area contributed by atoms with Gasteiger partial charge in [-0.05, 0) is 39.0 Å². The number of carbonyl (C=O) groups is 3. The van der Waals surface area contributed by atoms with Crippen molar-refractivity contribution < 1.29 is 19.1 Å². The maximum absolute atomic E-state index is 12.2. The van der Waals surface area contributed by atoms with E-state index < -0.39 is 11.9 Å². The number of hydrogen-bond acceptors (Lipinski definition) is 5. The first-order chi connectivity index (χ1) is 12.3. The van der Waals surface area contributed by atoms with Crippen LogP contribution in [0.3, 0.4) is 0 Å². The number of halogens is 1. The Bertz CT molecular complexity index is 845. The van der Waals surface area contributed by atoms with Gasteiger partial charge >= 0.3 is 5.97 Å². The zero-order chi connectivity index (χ0) is 19.3. The molecule has 26 heavy (non-hydrogen) atoms. The third kappa shape index (κ3) is 4.70. The summed E-state index contributed by atoms with van der Waals surface area (Å²) in [7, 11) is 0. The molecule has 0 saturated heterocycles. The van der Waals surface area contributed by atoms with Crippen LogP contribution in [0.4, 0.5) is 0 Å². The fourth-order valence-electron chi connectivity index (χ4n) is 2.62. The second-order valence-electron chi connectivity index (χ2n) is 5.65. The second kappa shape index (κ2) is 8.62. The van der Waals surface area contributed by atoms with E-state index in [2.05, 4.69) is 10.3 Å². The van der Waals surface area contributed by atoms with E-state index in [9.17, 15) is 14.4 Å². The standard InChI is InChI=1S/C18H20ClN3O4/c1-4-22-11(2)7-14(12(22)3)16(23)10-26-17(24)9-21-18(25)15-8-13(19)5-6-20-15/h5-8H,4,9-10H2,1-3H3,(H,21,25). The number of nitrogens with zero attached hydrogens (tertiary/aromatic N) is 2. The molecular formula is C18H20ClN3O4. The van der Waals surface area contributed by atoms with Gasteiger partial charge in [-0.25, -0.2) is 0 Å². The van der Waals surface area contributed by atoms with Crippen molar-refractivity contribution in [2.24, 2.45) is 0 Å². The lowest BCUT2D eigenvalue weighted by molar-refractivity contribution is -0.141. The Hall–Kier alpha value is -2.67. The van der Waals surface area contributed by atoms with Crippen LogP contribution in [-0.2, 0) is 16.1 Å². The minimum absolute atomic E-state index is 0.0911. The van der Waals surface area contributed by atoms with Crippen LogP contribution in [0.15, 0.2) is 24.4 Å². The zero-order valence-electron chi connectivity index (χ0n) is 14.8. The molecule has 7 nitrogen and oxygen atoms in total. The van der Waals surface area contributed by atoms with Gasteiger partial charge in [0.1, 0.15) is 12.2 Å². The summed E-state index contributed by atoms with van der Waals surface area (Å²) in [6.07, 6.45) is 1.39. The number of aryl methyl sites for hydroxylation is 1. The summed E-state index contributed by atoms with van der Waals surface area (Å²) in [5, 5.41) is 2.74. The SMILES string of the molecule is CCn1c(C)cc(C(=O)COC(=O)CNC(=O)c2cc(Cl)ccn2)c1C. The van der Waals surface area contributed by atoms with Gasteiger partial charge in [-0.2, -0.15) is 0 Å². The van der Waals surface area contributed by atoms with Crippen LogP contribution in [-0.4, -0.2) is 40.4 Å². The Morgan fingerprint density at radius 1 is 1.27 bits per heavy atom. The van der Waals surface area contributed by atoms with E-state index in [-0.39, 0.29) is 24.6 Å². The predicted molar refractivity (Wildman–Crippen MR) is 96.4 cm³/mol. The molecule has 2 rings (SSSR count). The fourth-order valence-corrected chi connectivity index (χ4v) is 2.78. The predicted octanol–water partition coefficient (Wildman–Crippen LogP) is 2.33. The first-order valence-electron chi connectivity index (χ1n) is 8.08. The largest absolute Gasteiger partial charge is 0.456 e. The number of esters is 1. The molecule has 2 aromatic rings. The summed E-state index contributed by atoms with van der Waals surface area (Å²) in [5.41, 5.74) is 2.44. The molecule has 8 heteroatoms. The third-order valence-electron chi connectivity index (χ3n) is 3.90. The first kappa shape index (κ1) is 19.7. The van der Waals surface area contributed by atoms with Crippen molar-refractivity contribution in [1.29, 1.82) is 0 Å². The lowest BCUT2D eigenvalue weighted by atomic mass is 10.1. The molecule has 0 radical (unpaired) electrons. The minimum atomic E-state index is -0.710. The van der Waals surface area contributed by atoms with Crippen LogP contribution in [0.5, 0.6) is 0 Å². The Kier molecular flexibility index (Phi) is 6.52. The highest BCUT2D eigenvalue weighted by Crippen LogP contribution is 2.15. The molecule has 0 fully saturated rings. The van der Waals surface area contributed by atoms with Crippen molar-refractivity contribution in [2.75, 3.05) is 13.2 Å². The Morgan fingerprint density at radius 3 is 2.62 bits per heavy atom. The van der Waals surface area contributed by atoms with Crippen LogP contribution in [0, 0.1) is 13.8 Å². The summed E-state index contributed by atoms with van der Waals surface area (Å²) < 4.78 is 6.95. The van der Waals surface area contributed by atoms with Crippen molar-refractivity contribution in [2.45, 2.75) is 27.3 Å². The van der Waals surface area contributed by atoms with E-state index >= 15 is 0 Å². The van der Waals surface area contributed by atoms with Crippen molar-refractivity contribution in [1.82, 2.24) is 14.9 Å². The normalized spacial score (nSPS) is 10.5. The van der Waals surface area contributed by atoms with Gasteiger partial charge in [0.2, 0.25) is 5.78 Å². The van der Waals surface area contributed by atoms with Gasteiger partial charge in [0.05, 0.1) is 0 Å². The Morgan fingerprint density at radius 2 is 2.00 bits per heavy atom. The van der Waals surface area contributed by atoms with Gasteiger partial charge in [0.25, 0.3) is 5.91 Å². The van der Waals surface area contributed by atoms with Crippen molar-refractivity contribution >= 4 is 29.3 Å². The fraction of sp³-hybridized carbons (Fsp3) is 0.333. The van der Waals surface area contributed by atoms with E-state index in [0.29, 0.717) is 10.6 Å². The first-order valence-corrected chi connectivity index (χ1v) is 8.46. The number of ether oxygens (including phenoxy) is 1. The van der Waals surface area contributed by atoms with E-state index in [4.69, 9.17) is 16.3 Å². The molecule has 0 saturated carbocycles. The molecule has 2 aromatic heterocycles. The van der Waals surface area contributed by atoms with Gasteiger partial charge in [0, 0.05) is 34.7 Å². The van der Waals surface area contributed by atoms with Crippen molar-refractivity contribution in [3.05, 3.63) is 52.1 Å². The molecule has 1 amide bonds. The van der Waals surface area contributed by atoms with Crippen LogP contribution in [0.2, 0.25) is 5.02 Å². The van der Waals surface area contributed by atoms with Crippen LogP contribution in [0.25, 0.3) is 0 Å². The van der Waals surface area contributed by atoms with Gasteiger partial charge in [-0.1, -0.05) is 11.6 Å². The summed E-state index contributed by atoms with van der Waals surface area (Å²) in [6.45, 7) is 5.77. The van der Waals surface area contributed by atoms with E-state index in [0.717, 1.165) is 17.9 Å². The minimum Gasteiger partial charge on any atom is -0.456 e. The average Bonchev–Trinajstić information content (AvgIpc) is 2.91. The molecule has 0 atom stereocenters. The zero-order valence-corrected chi connectivity index (χ0v) is 15.6. The van der Waals surface area contributed by atoms with E-state index in [1.54, 1.807) is 6.07 Å². The number of carbonyl (C=O) groups excluding carboxylic acids is 3. The molecule has 0 aromatic carbocycles. The van der Waals surface area contributed by atoms with Crippen LogP contribution >= 0.6 is 11.6 Å². The lowest BCUT2D eigenvalue weighted by Gasteiger charge is -2.07.